The number of hydrogen-bond donors (Lipinski definition) is 1. The zero-order valence-electron chi connectivity index (χ0n) is 11.9. The van der Waals surface area contributed by atoms with Gasteiger partial charge in [-0.3, -0.25) is 4.79 Å². The zero-order chi connectivity index (χ0) is 14.8. The lowest BCUT2D eigenvalue weighted by molar-refractivity contribution is -0.133. The maximum Gasteiger partial charge on any atom is 0.354 e. The summed E-state index contributed by atoms with van der Waals surface area (Å²) in [5.41, 5.74) is 0.0434. The monoisotopic (exact) mass is 289 g/mol. The second-order valence-electron chi connectivity index (χ2n) is 5.65. The Morgan fingerprint density at radius 2 is 1.95 bits per heavy atom. The Morgan fingerprint density at radius 3 is 2.67 bits per heavy atom. The van der Waals surface area contributed by atoms with Gasteiger partial charge in [-0.1, -0.05) is 6.07 Å². The van der Waals surface area contributed by atoms with Crippen molar-refractivity contribution in [1.82, 2.24) is 9.88 Å². The second kappa shape index (κ2) is 5.71. The molecule has 0 aliphatic carbocycles. The van der Waals surface area contributed by atoms with Crippen LogP contribution in [0.4, 0.5) is 5.82 Å². The highest BCUT2D eigenvalue weighted by Crippen LogP contribution is 2.25. The molecular formula is C15H19N3O3. The van der Waals surface area contributed by atoms with Crippen molar-refractivity contribution in [2.24, 2.45) is 5.92 Å². The van der Waals surface area contributed by atoms with E-state index >= 15 is 0 Å². The second-order valence-corrected chi connectivity index (χ2v) is 5.65. The first-order valence-electron chi connectivity index (χ1n) is 7.39. The highest BCUT2D eigenvalue weighted by Gasteiger charge is 2.33. The molecule has 0 spiro atoms. The zero-order valence-corrected chi connectivity index (χ0v) is 11.9. The highest BCUT2D eigenvalue weighted by atomic mass is 16.4. The number of carboxylic acid groups (broad SMARTS) is 1. The van der Waals surface area contributed by atoms with E-state index in [0.29, 0.717) is 12.4 Å². The molecule has 0 saturated carbocycles. The number of carboxylic acids is 1. The first-order valence-corrected chi connectivity index (χ1v) is 7.39. The molecule has 2 aliphatic heterocycles. The van der Waals surface area contributed by atoms with Crippen LogP contribution in [0.2, 0.25) is 0 Å². The largest absolute Gasteiger partial charge is 0.477 e. The van der Waals surface area contributed by atoms with Crippen LogP contribution in [0.3, 0.4) is 0 Å². The van der Waals surface area contributed by atoms with E-state index in [1.54, 1.807) is 12.1 Å². The van der Waals surface area contributed by atoms with Crippen molar-refractivity contribution >= 4 is 17.7 Å². The molecule has 2 saturated heterocycles. The molecule has 3 rings (SSSR count). The Labute approximate surface area is 123 Å². The minimum atomic E-state index is -1.03. The number of amides is 1. The predicted molar refractivity (Wildman–Crippen MR) is 77.3 cm³/mol. The Morgan fingerprint density at radius 1 is 1.19 bits per heavy atom. The minimum Gasteiger partial charge on any atom is -0.477 e. The fourth-order valence-corrected chi connectivity index (χ4v) is 3.08. The molecule has 6 nitrogen and oxygen atoms in total. The molecule has 0 bridgehead atoms. The third-order valence-corrected chi connectivity index (χ3v) is 4.23. The van der Waals surface area contributed by atoms with Crippen molar-refractivity contribution in [3.8, 4) is 0 Å². The third kappa shape index (κ3) is 2.84. The van der Waals surface area contributed by atoms with Crippen LogP contribution < -0.4 is 4.90 Å². The lowest BCUT2D eigenvalue weighted by Gasteiger charge is -2.21. The van der Waals surface area contributed by atoms with E-state index in [1.807, 2.05) is 9.80 Å². The number of hydrogen-bond acceptors (Lipinski definition) is 4. The van der Waals surface area contributed by atoms with E-state index in [4.69, 9.17) is 5.11 Å². The van der Waals surface area contributed by atoms with Gasteiger partial charge in [0.1, 0.15) is 5.82 Å². The molecule has 1 aromatic rings. The molecule has 21 heavy (non-hydrogen) atoms. The summed E-state index contributed by atoms with van der Waals surface area (Å²) in [6.07, 6.45) is 3.02. The number of carbonyl (C=O) groups excluding carboxylic acids is 1. The lowest BCUT2D eigenvalue weighted by Crippen LogP contribution is -2.35. The summed E-state index contributed by atoms with van der Waals surface area (Å²) in [5.74, 6) is -0.130. The molecule has 1 aromatic heterocycles. The molecule has 112 valence electrons. The van der Waals surface area contributed by atoms with Crippen molar-refractivity contribution in [3.05, 3.63) is 23.9 Å². The van der Waals surface area contributed by atoms with Gasteiger partial charge in [-0.25, -0.2) is 9.78 Å². The molecule has 1 N–H and O–H groups in total. The van der Waals surface area contributed by atoms with Crippen molar-refractivity contribution < 1.29 is 14.7 Å². The van der Waals surface area contributed by atoms with E-state index in [2.05, 4.69) is 4.98 Å². The van der Waals surface area contributed by atoms with Gasteiger partial charge >= 0.3 is 5.97 Å². The van der Waals surface area contributed by atoms with E-state index in [0.717, 1.165) is 38.9 Å². The van der Waals surface area contributed by atoms with E-state index < -0.39 is 5.97 Å². The third-order valence-electron chi connectivity index (χ3n) is 4.23. The van der Waals surface area contributed by atoms with Crippen LogP contribution in [0.5, 0.6) is 0 Å². The smallest absolute Gasteiger partial charge is 0.354 e. The van der Waals surface area contributed by atoms with E-state index in [9.17, 15) is 9.59 Å². The maximum atomic E-state index is 12.4. The van der Waals surface area contributed by atoms with Gasteiger partial charge in [0.15, 0.2) is 5.69 Å². The summed E-state index contributed by atoms with van der Waals surface area (Å²) in [6, 6.07) is 4.98. The number of anilines is 1. The summed E-state index contributed by atoms with van der Waals surface area (Å²) in [6.45, 7) is 3.13. The number of pyridine rings is 1. The molecule has 3 heterocycles. The average Bonchev–Trinajstić information content (AvgIpc) is 3.18. The Balaban J connectivity index is 1.67. The number of likely N-dealkylation sites (tertiary alicyclic amines) is 1. The fraction of sp³-hybridized carbons (Fsp3) is 0.533. The molecule has 1 unspecified atom stereocenters. The molecule has 1 amide bonds. The van der Waals surface area contributed by atoms with Crippen LogP contribution in [-0.4, -0.2) is 53.0 Å². The summed E-state index contributed by atoms with van der Waals surface area (Å²) < 4.78 is 0. The summed E-state index contributed by atoms with van der Waals surface area (Å²) in [4.78, 5) is 31.5. The molecule has 2 aliphatic rings. The van der Waals surface area contributed by atoms with Crippen LogP contribution in [-0.2, 0) is 4.79 Å². The van der Waals surface area contributed by atoms with Crippen LogP contribution in [0.15, 0.2) is 18.2 Å². The predicted octanol–water partition coefficient (Wildman–Crippen LogP) is 1.23. The average molecular weight is 289 g/mol. The van der Waals surface area contributed by atoms with Gasteiger partial charge in [-0.2, -0.15) is 0 Å². The summed E-state index contributed by atoms with van der Waals surface area (Å²) in [5, 5.41) is 8.99. The van der Waals surface area contributed by atoms with Gasteiger partial charge < -0.3 is 14.9 Å². The Hall–Kier alpha value is -2.11. The minimum absolute atomic E-state index is 0.0124. The van der Waals surface area contributed by atoms with Gasteiger partial charge in [0, 0.05) is 26.2 Å². The highest BCUT2D eigenvalue weighted by molar-refractivity contribution is 5.86. The number of nitrogens with zero attached hydrogens (tertiary/aromatic N) is 3. The first-order chi connectivity index (χ1) is 10.1. The Kier molecular flexibility index (Phi) is 3.77. The van der Waals surface area contributed by atoms with Gasteiger partial charge in [-0.05, 0) is 31.4 Å². The van der Waals surface area contributed by atoms with Crippen LogP contribution in [0.25, 0.3) is 0 Å². The fourth-order valence-electron chi connectivity index (χ4n) is 3.08. The normalized spacial score (nSPS) is 21.8. The van der Waals surface area contributed by atoms with E-state index in [-0.39, 0.29) is 17.5 Å². The quantitative estimate of drug-likeness (QED) is 0.906. The Bertz CT molecular complexity index is 555. The van der Waals surface area contributed by atoms with Crippen molar-refractivity contribution in [2.45, 2.75) is 19.3 Å². The van der Waals surface area contributed by atoms with Gasteiger partial charge in [0.2, 0.25) is 5.91 Å². The number of rotatable bonds is 3. The molecule has 0 radical (unpaired) electrons. The van der Waals surface area contributed by atoms with Gasteiger partial charge in [0.25, 0.3) is 0 Å². The summed E-state index contributed by atoms with van der Waals surface area (Å²) in [7, 11) is 0. The molecule has 2 fully saturated rings. The maximum absolute atomic E-state index is 12.4. The van der Waals surface area contributed by atoms with Crippen molar-refractivity contribution in [2.75, 3.05) is 31.1 Å². The van der Waals surface area contributed by atoms with Crippen LogP contribution in [0.1, 0.15) is 29.8 Å². The summed E-state index contributed by atoms with van der Waals surface area (Å²) >= 11 is 0. The molecule has 1 atom stereocenters. The standard InChI is InChI=1S/C15H19N3O3/c19-14(17-7-1-2-8-17)11-6-9-18(10-11)13-5-3-4-12(16-13)15(20)21/h3-5,11H,1-2,6-10H2,(H,20,21). The van der Waals surface area contributed by atoms with Crippen molar-refractivity contribution in [3.63, 3.8) is 0 Å². The molecule has 6 heteroatoms. The topological polar surface area (TPSA) is 73.7 Å². The number of aromatic nitrogens is 1. The van der Waals surface area contributed by atoms with Crippen LogP contribution in [0, 0.1) is 5.92 Å². The molecule has 0 aromatic carbocycles. The van der Waals surface area contributed by atoms with Gasteiger partial charge in [0.05, 0.1) is 5.92 Å². The molecular weight excluding hydrogens is 270 g/mol. The van der Waals surface area contributed by atoms with E-state index in [1.165, 1.54) is 6.07 Å². The van der Waals surface area contributed by atoms with Crippen molar-refractivity contribution in [1.29, 1.82) is 0 Å². The number of aromatic carboxylic acids is 1. The lowest BCUT2D eigenvalue weighted by atomic mass is 10.1. The van der Waals surface area contributed by atoms with Crippen LogP contribution >= 0.6 is 0 Å². The SMILES string of the molecule is O=C(O)c1cccc(N2CCC(C(=O)N3CCCC3)C2)n1. The first kappa shape index (κ1) is 13.9. The van der Waals surface area contributed by atoms with Gasteiger partial charge in [-0.15, -0.1) is 0 Å². The number of carbonyl (C=O) groups is 2.